The largest absolute Gasteiger partial charge is 0.496 e. The van der Waals surface area contributed by atoms with Crippen molar-refractivity contribution >= 4 is 0 Å². The highest BCUT2D eigenvalue weighted by molar-refractivity contribution is 5.55. The first-order chi connectivity index (χ1) is 11.7. The van der Waals surface area contributed by atoms with Gasteiger partial charge < -0.3 is 10.1 Å². The highest BCUT2D eigenvalue weighted by Gasteiger charge is 2.08. The van der Waals surface area contributed by atoms with Crippen LogP contribution in [-0.4, -0.2) is 22.3 Å². The third-order valence-electron chi connectivity index (χ3n) is 4.15. The molecule has 0 saturated heterocycles. The molecule has 0 aliphatic carbocycles. The Morgan fingerprint density at radius 1 is 1.21 bits per heavy atom. The minimum Gasteiger partial charge on any atom is -0.496 e. The lowest BCUT2D eigenvalue weighted by Crippen LogP contribution is -2.18. The number of aromatic nitrogens is 3. The van der Waals surface area contributed by atoms with E-state index in [4.69, 9.17) is 4.74 Å². The zero-order chi connectivity index (χ0) is 16.9. The first kappa shape index (κ1) is 16.2. The van der Waals surface area contributed by atoms with E-state index in [-0.39, 0.29) is 6.04 Å². The van der Waals surface area contributed by atoms with Crippen LogP contribution in [0, 0.1) is 6.92 Å². The molecule has 0 aliphatic rings. The second-order valence-electron chi connectivity index (χ2n) is 5.87. The van der Waals surface area contributed by atoms with Gasteiger partial charge in [-0.15, -0.1) is 0 Å². The standard InChI is InChI=1S/C19H22N4O/c1-13-9-16(7-8-18(13)24-3)14(2)20-11-15-5-4-6-17(10-15)19-21-12-22-23-19/h4-10,12,14,20H,11H2,1-3H3,(H,21,22,23)/t14-/m0/s1. The summed E-state index contributed by atoms with van der Waals surface area (Å²) in [5, 5.41) is 10.4. The first-order valence-corrected chi connectivity index (χ1v) is 8.00. The summed E-state index contributed by atoms with van der Waals surface area (Å²) < 4.78 is 5.32. The Morgan fingerprint density at radius 3 is 2.79 bits per heavy atom. The number of methoxy groups -OCH3 is 1. The highest BCUT2D eigenvalue weighted by Crippen LogP contribution is 2.23. The monoisotopic (exact) mass is 322 g/mol. The van der Waals surface area contributed by atoms with Crippen molar-refractivity contribution in [3.8, 4) is 17.1 Å². The number of nitrogens with zero attached hydrogens (tertiary/aromatic N) is 2. The molecule has 0 unspecified atom stereocenters. The number of nitrogens with one attached hydrogen (secondary N) is 2. The van der Waals surface area contributed by atoms with E-state index in [2.05, 4.69) is 58.6 Å². The molecular formula is C19H22N4O. The molecule has 5 nitrogen and oxygen atoms in total. The molecule has 2 aromatic carbocycles. The van der Waals surface area contributed by atoms with Crippen LogP contribution in [0.5, 0.6) is 5.75 Å². The van der Waals surface area contributed by atoms with E-state index in [0.29, 0.717) is 0 Å². The van der Waals surface area contributed by atoms with Gasteiger partial charge in [-0.25, -0.2) is 4.98 Å². The van der Waals surface area contributed by atoms with Crippen molar-refractivity contribution in [2.45, 2.75) is 26.4 Å². The lowest BCUT2D eigenvalue weighted by Gasteiger charge is -2.16. The van der Waals surface area contributed by atoms with Gasteiger partial charge in [0.05, 0.1) is 7.11 Å². The number of rotatable bonds is 6. The number of hydrogen-bond acceptors (Lipinski definition) is 4. The van der Waals surface area contributed by atoms with Gasteiger partial charge in [-0.2, -0.15) is 5.10 Å². The van der Waals surface area contributed by atoms with Crippen molar-refractivity contribution in [2.24, 2.45) is 0 Å². The van der Waals surface area contributed by atoms with E-state index in [9.17, 15) is 0 Å². The number of H-pyrrole nitrogens is 1. The van der Waals surface area contributed by atoms with Crippen LogP contribution in [0.15, 0.2) is 48.8 Å². The fourth-order valence-electron chi connectivity index (χ4n) is 2.73. The highest BCUT2D eigenvalue weighted by atomic mass is 16.5. The van der Waals surface area contributed by atoms with Crippen LogP contribution in [0.2, 0.25) is 0 Å². The van der Waals surface area contributed by atoms with Crippen molar-refractivity contribution in [1.29, 1.82) is 0 Å². The SMILES string of the molecule is COc1ccc([C@H](C)NCc2cccc(-c3ncn[nH]3)c2)cc1C. The number of aromatic amines is 1. The predicted molar refractivity (Wildman–Crippen MR) is 94.8 cm³/mol. The van der Waals surface area contributed by atoms with E-state index in [1.54, 1.807) is 7.11 Å². The third-order valence-corrected chi connectivity index (χ3v) is 4.15. The van der Waals surface area contributed by atoms with Crippen molar-refractivity contribution in [1.82, 2.24) is 20.5 Å². The van der Waals surface area contributed by atoms with Crippen LogP contribution in [0.1, 0.15) is 29.7 Å². The van der Waals surface area contributed by atoms with Gasteiger partial charge in [0.25, 0.3) is 0 Å². The summed E-state index contributed by atoms with van der Waals surface area (Å²) in [6.45, 7) is 5.02. The van der Waals surface area contributed by atoms with Crippen molar-refractivity contribution in [3.05, 3.63) is 65.5 Å². The topological polar surface area (TPSA) is 62.8 Å². The second kappa shape index (κ2) is 7.27. The van der Waals surface area contributed by atoms with E-state index in [0.717, 1.165) is 29.2 Å². The van der Waals surface area contributed by atoms with Gasteiger partial charge in [-0.05, 0) is 42.7 Å². The summed E-state index contributed by atoms with van der Waals surface area (Å²) in [5.74, 6) is 1.71. The van der Waals surface area contributed by atoms with Gasteiger partial charge in [0, 0.05) is 18.2 Å². The van der Waals surface area contributed by atoms with Gasteiger partial charge in [-0.3, -0.25) is 5.10 Å². The summed E-state index contributed by atoms with van der Waals surface area (Å²) >= 11 is 0. The Hall–Kier alpha value is -2.66. The van der Waals surface area contributed by atoms with Crippen molar-refractivity contribution < 1.29 is 4.74 Å². The zero-order valence-corrected chi connectivity index (χ0v) is 14.2. The second-order valence-corrected chi connectivity index (χ2v) is 5.87. The number of benzene rings is 2. The van der Waals surface area contributed by atoms with Gasteiger partial charge >= 0.3 is 0 Å². The molecule has 0 aliphatic heterocycles. The number of ether oxygens (including phenoxy) is 1. The van der Waals surface area contributed by atoms with Crippen LogP contribution in [0.3, 0.4) is 0 Å². The Morgan fingerprint density at radius 2 is 2.08 bits per heavy atom. The Bertz CT molecular complexity index is 799. The Labute approximate surface area is 142 Å². The maximum absolute atomic E-state index is 5.32. The molecule has 1 atom stereocenters. The smallest absolute Gasteiger partial charge is 0.155 e. The van der Waals surface area contributed by atoms with Crippen LogP contribution in [0.4, 0.5) is 0 Å². The average Bonchev–Trinajstić information content (AvgIpc) is 3.14. The molecule has 124 valence electrons. The molecule has 1 aromatic heterocycles. The summed E-state index contributed by atoms with van der Waals surface area (Å²) in [5.41, 5.74) is 4.65. The lowest BCUT2D eigenvalue weighted by atomic mass is 10.0. The number of hydrogen-bond donors (Lipinski definition) is 2. The summed E-state index contributed by atoms with van der Waals surface area (Å²) in [6, 6.07) is 14.8. The fourth-order valence-corrected chi connectivity index (χ4v) is 2.73. The minimum atomic E-state index is 0.253. The molecule has 2 N–H and O–H groups in total. The zero-order valence-electron chi connectivity index (χ0n) is 14.2. The molecule has 0 saturated carbocycles. The molecule has 1 heterocycles. The van der Waals surface area contributed by atoms with E-state index < -0.39 is 0 Å². The summed E-state index contributed by atoms with van der Waals surface area (Å²) in [7, 11) is 1.70. The normalized spacial score (nSPS) is 12.1. The number of aryl methyl sites for hydroxylation is 1. The Balaban J connectivity index is 1.67. The Kier molecular flexibility index (Phi) is 4.91. The van der Waals surface area contributed by atoms with E-state index in [1.165, 1.54) is 17.5 Å². The van der Waals surface area contributed by atoms with Crippen LogP contribution < -0.4 is 10.1 Å². The van der Waals surface area contributed by atoms with E-state index in [1.807, 2.05) is 18.2 Å². The molecule has 0 spiro atoms. The summed E-state index contributed by atoms with van der Waals surface area (Å²) in [4.78, 5) is 4.20. The lowest BCUT2D eigenvalue weighted by molar-refractivity contribution is 0.411. The molecule has 0 amide bonds. The van der Waals surface area contributed by atoms with Crippen LogP contribution in [0.25, 0.3) is 11.4 Å². The molecule has 24 heavy (non-hydrogen) atoms. The quantitative estimate of drug-likeness (QED) is 0.727. The molecule has 0 bridgehead atoms. The van der Waals surface area contributed by atoms with Gasteiger partial charge in [0.2, 0.25) is 0 Å². The molecular weight excluding hydrogens is 300 g/mol. The maximum atomic E-state index is 5.32. The third kappa shape index (κ3) is 3.63. The fraction of sp³-hybridized carbons (Fsp3) is 0.263. The minimum absolute atomic E-state index is 0.253. The van der Waals surface area contributed by atoms with Gasteiger partial charge in [-0.1, -0.05) is 30.3 Å². The van der Waals surface area contributed by atoms with Crippen LogP contribution >= 0.6 is 0 Å². The molecule has 5 heteroatoms. The first-order valence-electron chi connectivity index (χ1n) is 8.00. The maximum Gasteiger partial charge on any atom is 0.155 e. The molecule has 3 rings (SSSR count). The van der Waals surface area contributed by atoms with Crippen molar-refractivity contribution in [2.75, 3.05) is 7.11 Å². The predicted octanol–water partition coefficient (Wildman–Crippen LogP) is 3.64. The summed E-state index contributed by atoms with van der Waals surface area (Å²) in [6.07, 6.45) is 1.52. The van der Waals surface area contributed by atoms with Gasteiger partial charge in [0.1, 0.15) is 12.1 Å². The average molecular weight is 322 g/mol. The molecule has 0 fully saturated rings. The molecule has 0 radical (unpaired) electrons. The van der Waals surface area contributed by atoms with Gasteiger partial charge in [0.15, 0.2) is 5.82 Å². The van der Waals surface area contributed by atoms with Crippen LogP contribution in [-0.2, 0) is 6.54 Å². The van der Waals surface area contributed by atoms with E-state index >= 15 is 0 Å². The van der Waals surface area contributed by atoms with Crippen molar-refractivity contribution in [3.63, 3.8) is 0 Å². The molecule has 3 aromatic rings.